The number of hydrogen-bond acceptors (Lipinski definition) is 3. The van der Waals surface area contributed by atoms with E-state index >= 15 is 0 Å². The van der Waals surface area contributed by atoms with Crippen LogP contribution in [0.15, 0.2) is 49.1 Å². The van der Waals surface area contributed by atoms with Gasteiger partial charge in [0, 0.05) is 44.5 Å². The van der Waals surface area contributed by atoms with Crippen molar-refractivity contribution >= 4 is 11.8 Å². The van der Waals surface area contributed by atoms with E-state index in [-0.39, 0.29) is 23.2 Å². The minimum absolute atomic E-state index is 0.00535. The molecule has 1 aromatic carbocycles. The van der Waals surface area contributed by atoms with E-state index in [1.165, 1.54) is 18.4 Å². The van der Waals surface area contributed by atoms with Gasteiger partial charge in [-0.3, -0.25) is 9.59 Å². The van der Waals surface area contributed by atoms with Crippen LogP contribution in [0.2, 0.25) is 0 Å². The molecule has 2 amide bonds. The smallest absolute Gasteiger partial charge is 0.230 e. The van der Waals surface area contributed by atoms with E-state index in [0.717, 1.165) is 51.7 Å². The second kappa shape index (κ2) is 9.08. The Labute approximate surface area is 190 Å². The molecule has 32 heavy (non-hydrogen) atoms. The van der Waals surface area contributed by atoms with Crippen LogP contribution in [0, 0.1) is 17.3 Å². The van der Waals surface area contributed by atoms with Crippen LogP contribution in [0.25, 0.3) is 0 Å². The Bertz CT molecular complexity index is 913. The molecule has 6 nitrogen and oxygen atoms in total. The summed E-state index contributed by atoms with van der Waals surface area (Å²) >= 11 is 0. The molecule has 6 heteroatoms. The monoisotopic (exact) mass is 434 g/mol. The molecule has 2 heterocycles. The molecule has 3 fully saturated rings. The Morgan fingerprint density at radius 3 is 2.56 bits per heavy atom. The highest BCUT2D eigenvalue weighted by Crippen LogP contribution is 2.59. The van der Waals surface area contributed by atoms with E-state index in [4.69, 9.17) is 0 Å². The van der Waals surface area contributed by atoms with Gasteiger partial charge in [0.15, 0.2) is 0 Å². The van der Waals surface area contributed by atoms with Crippen molar-refractivity contribution < 1.29 is 9.59 Å². The van der Waals surface area contributed by atoms with Gasteiger partial charge in [-0.25, -0.2) is 4.98 Å². The lowest BCUT2D eigenvalue weighted by molar-refractivity contribution is -0.135. The van der Waals surface area contributed by atoms with Gasteiger partial charge >= 0.3 is 0 Å². The number of nitrogens with one attached hydrogen (secondary N) is 1. The third-order valence-electron chi connectivity index (χ3n) is 8.10. The first-order valence-electron chi connectivity index (χ1n) is 12.2. The molecule has 2 saturated carbocycles. The summed E-state index contributed by atoms with van der Waals surface area (Å²) in [5.41, 5.74) is 1.29. The number of carbonyl (C=O) groups excluding carboxylic acids is 2. The van der Waals surface area contributed by atoms with Gasteiger partial charge in [-0.15, -0.1) is 0 Å². The Balaban J connectivity index is 1.15. The molecule has 1 spiro atoms. The summed E-state index contributed by atoms with van der Waals surface area (Å²) in [7, 11) is 0. The predicted molar refractivity (Wildman–Crippen MR) is 123 cm³/mol. The maximum Gasteiger partial charge on any atom is 0.230 e. The molecule has 2 aromatic rings. The van der Waals surface area contributed by atoms with E-state index < -0.39 is 0 Å². The van der Waals surface area contributed by atoms with Crippen molar-refractivity contribution in [2.24, 2.45) is 17.3 Å². The quantitative estimate of drug-likeness (QED) is 0.724. The van der Waals surface area contributed by atoms with Crippen molar-refractivity contribution in [3.05, 3.63) is 54.6 Å². The summed E-state index contributed by atoms with van der Waals surface area (Å²) in [6.07, 6.45) is 13.1. The Hall–Kier alpha value is -2.63. The summed E-state index contributed by atoms with van der Waals surface area (Å²) < 4.78 is 1.97. The second-order valence-electron chi connectivity index (χ2n) is 9.97. The highest BCUT2D eigenvalue weighted by molar-refractivity contribution is 5.85. The van der Waals surface area contributed by atoms with Gasteiger partial charge in [-0.05, 0) is 49.0 Å². The predicted octanol–water partition coefficient (Wildman–Crippen LogP) is 3.60. The van der Waals surface area contributed by atoms with Crippen LogP contribution >= 0.6 is 0 Å². The first-order valence-corrected chi connectivity index (χ1v) is 12.2. The lowest BCUT2D eigenvalue weighted by Gasteiger charge is -2.36. The van der Waals surface area contributed by atoms with Crippen LogP contribution in [0.5, 0.6) is 0 Å². The number of imidazole rings is 1. The third-order valence-corrected chi connectivity index (χ3v) is 8.10. The molecule has 0 unspecified atom stereocenters. The summed E-state index contributed by atoms with van der Waals surface area (Å²) in [4.78, 5) is 32.4. The number of likely N-dealkylation sites (tertiary alicyclic amines) is 1. The highest BCUT2D eigenvalue weighted by atomic mass is 16.2. The minimum atomic E-state index is -0.00535. The van der Waals surface area contributed by atoms with E-state index in [1.54, 1.807) is 12.5 Å². The zero-order chi connectivity index (χ0) is 22.0. The third kappa shape index (κ3) is 4.32. The van der Waals surface area contributed by atoms with Crippen molar-refractivity contribution in [3.8, 4) is 0 Å². The second-order valence-corrected chi connectivity index (χ2v) is 9.97. The standard InChI is InChI=1S/C26H34N4O2/c31-24(28-13-17-29-16-12-27-19-29)22-18-26(22)10-14-30(15-11-26)25(32)23(21-8-4-5-9-21)20-6-2-1-3-7-20/h1-3,6-7,12,16,19,21-23H,4-5,8-11,13-15,17-18H2,(H,28,31)/t22-,23-/m1/s1. The molecule has 3 aliphatic rings. The maximum atomic E-state index is 13.6. The molecule has 2 aliphatic carbocycles. The number of carbonyl (C=O) groups is 2. The van der Waals surface area contributed by atoms with Crippen molar-refractivity contribution in [1.82, 2.24) is 19.8 Å². The van der Waals surface area contributed by atoms with Crippen molar-refractivity contribution in [1.29, 1.82) is 0 Å². The Morgan fingerprint density at radius 1 is 1.12 bits per heavy atom. The number of aromatic nitrogens is 2. The van der Waals surface area contributed by atoms with E-state index in [2.05, 4.69) is 39.5 Å². The molecule has 1 saturated heterocycles. The highest BCUT2D eigenvalue weighted by Gasteiger charge is 2.58. The minimum Gasteiger partial charge on any atom is -0.354 e. The van der Waals surface area contributed by atoms with Crippen LogP contribution in [0.4, 0.5) is 0 Å². The molecule has 1 N–H and O–H groups in total. The van der Waals surface area contributed by atoms with Crippen LogP contribution in [-0.4, -0.2) is 45.9 Å². The van der Waals surface area contributed by atoms with Gasteiger partial charge < -0.3 is 14.8 Å². The normalized spacial score (nSPS) is 23.2. The SMILES string of the molecule is O=C(NCCn1ccnc1)[C@H]1CC12CCN(C(=O)[C@H](c1ccccc1)C1CCCC1)CC2. The van der Waals surface area contributed by atoms with Crippen molar-refractivity contribution in [2.75, 3.05) is 19.6 Å². The van der Waals surface area contributed by atoms with Gasteiger partial charge in [-0.2, -0.15) is 0 Å². The largest absolute Gasteiger partial charge is 0.354 e. The van der Waals surface area contributed by atoms with Crippen LogP contribution < -0.4 is 5.32 Å². The zero-order valence-electron chi connectivity index (χ0n) is 18.8. The number of hydrogen-bond donors (Lipinski definition) is 1. The Morgan fingerprint density at radius 2 is 1.88 bits per heavy atom. The zero-order valence-corrected chi connectivity index (χ0v) is 18.8. The van der Waals surface area contributed by atoms with Gasteiger partial charge in [0.2, 0.25) is 11.8 Å². The fourth-order valence-corrected chi connectivity index (χ4v) is 6.06. The topological polar surface area (TPSA) is 67.2 Å². The molecule has 2 atom stereocenters. The number of amides is 2. The molecular formula is C26H34N4O2. The number of piperidine rings is 1. The lowest BCUT2D eigenvalue weighted by atomic mass is 9.82. The molecule has 5 rings (SSSR count). The number of benzene rings is 1. The van der Waals surface area contributed by atoms with Gasteiger partial charge in [0.25, 0.3) is 0 Å². The Kier molecular flexibility index (Phi) is 6.03. The van der Waals surface area contributed by atoms with Gasteiger partial charge in [0.05, 0.1) is 12.2 Å². The van der Waals surface area contributed by atoms with E-state index in [0.29, 0.717) is 18.4 Å². The molecular weight excluding hydrogens is 400 g/mol. The molecule has 1 aliphatic heterocycles. The average Bonchev–Trinajstić information content (AvgIpc) is 3.21. The average molecular weight is 435 g/mol. The lowest BCUT2D eigenvalue weighted by Crippen LogP contribution is -2.44. The molecule has 170 valence electrons. The fraction of sp³-hybridized carbons (Fsp3) is 0.577. The van der Waals surface area contributed by atoms with Crippen molar-refractivity contribution in [2.45, 2.75) is 57.4 Å². The van der Waals surface area contributed by atoms with Crippen LogP contribution in [-0.2, 0) is 16.1 Å². The number of nitrogens with zero attached hydrogens (tertiary/aromatic N) is 3. The summed E-state index contributed by atoms with van der Waals surface area (Å²) in [5.74, 6) is 1.06. The molecule has 0 bridgehead atoms. The maximum absolute atomic E-state index is 13.6. The van der Waals surface area contributed by atoms with E-state index in [9.17, 15) is 9.59 Å². The molecule has 1 aromatic heterocycles. The number of rotatable bonds is 7. The van der Waals surface area contributed by atoms with Crippen molar-refractivity contribution in [3.63, 3.8) is 0 Å². The summed E-state index contributed by atoms with van der Waals surface area (Å²) in [6, 6.07) is 10.4. The first-order chi connectivity index (χ1) is 15.7. The summed E-state index contributed by atoms with van der Waals surface area (Å²) in [5, 5.41) is 3.10. The molecule has 0 radical (unpaired) electrons. The van der Waals surface area contributed by atoms with E-state index in [1.807, 2.05) is 16.8 Å². The fourth-order valence-electron chi connectivity index (χ4n) is 6.06. The van der Waals surface area contributed by atoms with Gasteiger partial charge in [0.1, 0.15) is 0 Å². The summed E-state index contributed by atoms with van der Waals surface area (Å²) in [6.45, 7) is 2.95. The van der Waals surface area contributed by atoms with Gasteiger partial charge in [-0.1, -0.05) is 43.2 Å². The first kappa shape index (κ1) is 21.2. The van der Waals surface area contributed by atoms with Crippen LogP contribution in [0.1, 0.15) is 56.4 Å². The van der Waals surface area contributed by atoms with Crippen LogP contribution in [0.3, 0.4) is 0 Å².